The average molecular weight is 395 g/mol. The molecule has 25 heavy (non-hydrogen) atoms. The van der Waals surface area contributed by atoms with Gasteiger partial charge in [0.15, 0.2) is 5.65 Å². The fraction of sp³-hybridized carbons (Fsp3) is 0.312. The number of halogens is 2. The van der Waals surface area contributed by atoms with Crippen LogP contribution in [0.5, 0.6) is 0 Å². The molecule has 0 unspecified atom stereocenters. The Morgan fingerprint density at radius 1 is 1.12 bits per heavy atom. The second-order valence-electron chi connectivity index (χ2n) is 5.92. The number of hydrogen-bond acceptors (Lipinski definition) is 5. The lowest BCUT2D eigenvalue weighted by molar-refractivity contribution is 0.194. The topological polar surface area (TPSA) is 41.6 Å². The lowest BCUT2D eigenvalue weighted by Crippen LogP contribution is -2.47. The van der Waals surface area contributed by atoms with E-state index in [1.54, 1.807) is 21.3 Å². The van der Waals surface area contributed by atoms with Gasteiger partial charge in [0.05, 0.1) is 16.7 Å². The maximum atomic E-state index is 6.22. The van der Waals surface area contributed by atoms with Crippen molar-refractivity contribution in [1.82, 2.24) is 24.1 Å². The van der Waals surface area contributed by atoms with Crippen molar-refractivity contribution in [3.8, 4) is 0 Å². The molecule has 4 heterocycles. The summed E-state index contributed by atoms with van der Waals surface area (Å²) in [6.07, 6.45) is 3.57. The largest absolute Gasteiger partial charge is 0.354 e. The van der Waals surface area contributed by atoms with E-state index < -0.39 is 0 Å². The summed E-state index contributed by atoms with van der Waals surface area (Å²) in [4.78, 5) is 9.02. The van der Waals surface area contributed by atoms with Crippen LogP contribution in [0.2, 0.25) is 10.0 Å². The third-order valence-electron chi connectivity index (χ3n) is 4.28. The van der Waals surface area contributed by atoms with Crippen LogP contribution in [-0.2, 0) is 6.67 Å². The summed E-state index contributed by atoms with van der Waals surface area (Å²) >= 11 is 17.8. The van der Waals surface area contributed by atoms with Crippen molar-refractivity contribution in [2.24, 2.45) is 0 Å². The zero-order chi connectivity index (χ0) is 17.4. The van der Waals surface area contributed by atoms with Crippen LogP contribution in [0.25, 0.3) is 5.65 Å². The Morgan fingerprint density at radius 3 is 2.64 bits per heavy atom. The first-order valence-corrected chi connectivity index (χ1v) is 9.11. The van der Waals surface area contributed by atoms with Crippen molar-refractivity contribution >= 4 is 46.9 Å². The van der Waals surface area contributed by atoms with Gasteiger partial charge in [-0.3, -0.25) is 9.30 Å². The summed E-state index contributed by atoms with van der Waals surface area (Å²) in [7, 11) is 0. The van der Waals surface area contributed by atoms with E-state index >= 15 is 0 Å². The summed E-state index contributed by atoms with van der Waals surface area (Å²) in [6.45, 7) is 4.31. The zero-order valence-electron chi connectivity index (χ0n) is 13.3. The predicted molar refractivity (Wildman–Crippen MR) is 102 cm³/mol. The van der Waals surface area contributed by atoms with Crippen molar-refractivity contribution in [2.75, 3.05) is 31.1 Å². The maximum Gasteiger partial charge on any atom is 0.203 e. The highest BCUT2D eigenvalue weighted by molar-refractivity contribution is 7.71. The van der Waals surface area contributed by atoms with Crippen LogP contribution in [0, 0.1) is 4.77 Å². The van der Waals surface area contributed by atoms with Gasteiger partial charge in [-0.25, -0.2) is 9.67 Å². The van der Waals surface area contributed by atoms with Crippen LogP contribution in [0.15, 0.2) is 36.7 Å². The number of pyridine rings is 2. The highest BCUT2D eigenvalue weighted by atomic mass is 35.5. The van der Waals surface area contributed by atoms with Crippen molar-refractivity contribution in [2.45, 2.75) is 6.67 Å². The Hall–Kier alpha value is -1.67. The van der Waals surface area contributed by atoms with Crippen molar-refractivity contribution < 1.29 is 0 Å². The van der Waals surface area contributed by atoms with E-state index in [-0.39, 0.29) is 0 Å². The molecular weight excluding hydrogens is 379 g/mol. The lowest BCUT2D eigenvalue weighted by Gasteiger charge is -2.35. The molecule has 9 heteroatoms. The fourth-order valence-electron chi connectivity index (χ4n) is 2.99. The van der Waals surface area contributed by atoms with E-state index in [4.69, 9.17) is 35.4 Å². The number of fused-ring (bicyclic) bond motifs is 1. The summed E-state index contributed by atoms with van der Waals surface area (Å²) in [5.41, 5.74) is 0.628. The van der Waals surface area contributed by atoms with Crippen molar-refractivity contribution in [3.63, 3.8) is 0 Å². The normalized spacial score (nSPS) is 15.8. The van der Waals surface area contributed by atoms with Crippen LogP contribution < -0.4 is 4.90 Å². The van der Waals surface area contributed by atoms with Gasteiger partial charge in [0, 0.05) is 38.6 Å². The first-order chi connectivity index (χ1) is 12.1. The number of rotatable bonds is 3. The Bertz CT molecular complexity index is 946. The molecule has 4 rings (SSSR count). The zero-order valence-corrected chi connectivity index (χ0v) is 15.7. The smallest absolute Gasteiger partial charge is 0.203 e. The van der Waals surface area contributed by atoms with Gasteiger partial charge in [-0.1, -0.05) is 29.3 Å². The van der Waals surface area contributed by atoms with Crippen LogP contribution in [0.3, 0.4) is 0 Å². The highest BCUT2D eigenvalue weighted by Crippen LogP contribution is 2.21. The van der Waals surface area contributed by atoms with Crippen molar-refractivity contribution in [1.29, 1.82) is 0 Å². The van der Waals surface area contributed by atoms with Gasteiger partial charge in [-0.05, 0) is 30.4 Å². The minimum absolute atomic E-state index is 0.498. The van der Waals surface area contributed by atoms with Gasteiger partial charge < -0.3 is 4.90 Å². The molecule has 0 amide bonds. The third-order valence-corrected chi connectivity index (χ3v) is 5.17. The van der Waals surface area contributed by atoms with Gasteiger partial charge in [-0.2, -0.15) is 0 Å². The highest BCUT2D eigenvalue weighted by Gasteiger charge is 2.19. The molecule has 1 fully saturated rings. The molecule has 0 atom stereocenters. The van der Waals surface area contributed by atoms with E-state index in [2.05, 4.69) is 19.9 Å². The number of anilines is 1. The molecule has 3 aromatic heterocycles. The van der Waals surface area contributed by atoms with Gasteiger partial charge >= 0.3 is 0 Å². The molecule has 0 bridgehead atoms. The molecule has 0 aliphatic carbocycles. The number of piperazine rings is 1. The maximum absolute atomic E-state index is 6.22. The summed E-state index contributed by atoms with van der Waals surface area (Å²) < 4.78 is 4.14. The Morgan fingerprint density at radius 2 is 1.92 bits per heavy atom. The second-order valence-corrected chi connectivity index (χ2v) is 7.13. The molecular formula is C16H16Cl2N6S. The molecule has 130 valence electrons. The fourth-order valence-corrected chi connectivity index (χ4v) is 3.73. The van der Waals surface area contributed by atoms with Crippen LogP contribution in [0.4, 0.5) is 5.82 Å². The molecule has 0 saturated carbocycles. The SMILES string of the molecule is S=c1n(CN2CCN(c3ccccn3)CC2)nc2c(Cl)cc(Cl)cn12. The predicted octanol–water partition coefficient (Wildman–Crippen LogP) is 3.35. The Balaban J connectivity index is 1.49. The second kappa shape index (κ2) is 6.92. The first kappa shape index (κ1) is 16.8. The van der Waals surface area contributed by atoms with Crippen LogP contribution in [0.1, 0.15) is 0 Å². The summed E-state index contributed by atoms with van der Waals surface area (Å²) in [5.74, 6) is 1.02. The van der Waals surface area contributed by atoms with E-state index in [0.29, 0.717) is 27.1 Å². The minimum Gasteiger partial charge on any atom is -0.354 e. The van der Waals surface area contributed by atoms with Gasteiger partial charge in [-0.15, -0.1) is 5.10 Å². The first-order valence-electron chi connectivity index (χ1n) is 7.94. The van der Waals surface area contributed by atoms with Crippen LogP contribution in [-0.4, -0.2) is 50.2 Å². The molecule has 1 saturated heterocycles. The summed E-state index contributed by atoms with van der Waals surface area (Å²) in [6, 6.07) is 7.66. The van der Waals surface area contributed by atoms with E-state index in [0.717, 1.165) is 32.0 Å². The molecule has 0 spiro atoms. The Labute approximate surface area is 160 Å². The minimum atomic E-state index is 0.498. The average Bonchev–Trinajstić information content (AvgIpc) is 2.93. The van der Waals surface area contributed by atoms with Crippen LogP contribution >= 0.6 is 35.4 Å². The monoisotopic (exact) mass is 394 g/mol. The van der Waals surface area contributed by atoms with E-state index in [1.807, 2.05) is 24.4 Å². The number of aromatic nitrogens is 4. The number of hydrogen-bond donors (Lipinski definition) is 0. The molecule has 1 aliphatic rings. The van der Waals surface area contributed by atoms with Gasteiger partial charge in [0.2, 0.25) is 4.77 Å². The molecule has 0 aromatic carbocycles. The van der Waals surface area contributed by atoms with Gasteiger partial charge in [0.25, 0.3) is 0 Å². The Kier molecular flexibility index (Phi) is 4.64. The number of nitrogens with zero attached hydrogens (tertiary/aromatic N) is 6. The lowest BCUT2D eigenvalue weighted by atomic mass is 10.3. The third kappa shape index (κ3) is 3.37. The molecule has 1 aliphatic heterocycles. The van der Waals surface area contributed by atoms with E-state index in [9.17, 15) is 0 Å². The van der Waals surface area contributed by atoms with Crippen molar-refractivity contribution in [3.05, 3.63) is 51.5 Å². The van der Waals surface area contributed by atoms with Gasteiger partial charge in [0.1, 0.15) is 5.82 Å². The molecule has 0 N–H and O–H groups in total. The quantitative estimate of drug-likeness (QED) is 0.637. The summed E-state index contributed by atoms with van der Waals surface area (Å²) in [5, 5.41) is 5.58. The molecule has 6 nitrogen and oxygen atoms in total. The molecule has 3 aromatic rings. The van der Waals surface area contributed by atoms with E-state index in [1.165, 1.54) is 0 Å². The standard InChI is InChI=1S/C16H16Cl2N6S/c17-12-9-13(18)15-20-24(16(25)23(15)10-12)11-21-5-7-22(8-6-21)14-3-1-2-4-19-14/h1-4,9-10H,5-8,11H2. The molecule has 0 radical (unpaired) electrons.